The monoisotopic (exact) mass is 402 g/mol. The Kier molecular flexibility index (Phi) is 5.27. The molecule has 0 radical (unpaired) electrons. The van der Waals surface area contributed by atoms with Gasteiger partial charge in [0.25, 0.3) is 5.91 Å². The van der Waals surface area contributed by atoms with Gasteiger partial charge in [0.15, 0.2) is 5.13 Å². The van der Waals surface area contributed by atoms with Crippen LogP contribution in [0, 0.1) is 6.92 Å². The average molecular weight is 403 g/mol. The van der Waals surface area contributed by atoms with Crippen LogP contribution in [-0.2, 0) is 6.54 Å². The molecule has 0 fully saturated rings. The standard InChI is InChI=1S/C23H22N4OS/c1-16-7-6-9-20-21(16)25-23(29-20)27(15-18-8-4-5-14-24-18)22(28)17-10-12-19(13-11-17)26(2)3/h4-14H,15H2,1-3H3. The first-order valence-electron chi connectivity index (χ1n) is 9.38. The topological polar surface area (TPSA) is 49.3 Å². The summed E-state index contributed by atoms with van der Waals surface area (Å²) in [4.78, 5) is 26.4. The summed E-state index contributed by atoms with van der Waals surface area (Å²) < 4.78 is 1.07. The second-order valence-corrected chi connectivity index (χ2v) is 8.08. The van der Waals surface area contributed by atoms with Crippen molar-refractivity contribution in [3.8, 4) is 0 Å². The van der Waals surface area contributed by atoms with E-state index >= 15 is 0 Å². The summed E-state index contributed by atoms with van der Waals surface area (Å²) in [5.74, 6) is -0.0855. The molecule has 0 aliphatic carbocycles. The van der Waals surface area contributed by atoms with Gasteiger partial charge in [0.2, 0.25) is 0 Å². The molecule has 0 bridgehead atoms. The Morgan fingerprint density at radius 2 is 1.79 bits per heavy atom. The molecule has 29 heavy (non-hydrogen) atoms. The van der Waals surface area contributed by atoms with Crippen LogP contribution in [0.1, 0.15) is 21.6 Å². The van der Waals surface area contributed by atoms with Gasteiger partial charge in [-0.1, -0.05) is 29.5 Å². The van der Waals surface area contributed by atoms with Gasteiger partial charge in [-0.2, -0.15) is 0 Å². The first-order chi connectivity index (χ1) is 14.0. The van der Waals surface area contributed by atoms with E-state index in [0.29, 0.717) is 17.2 Å². The van der Waals surface area contributed by atoms with Crippen LogP contribution in [0.5, 0.6) is 0 Å². The largest absolute Gasteiger partial charge is 0.378 e. The summed E-state index contributed by atoms with van der Waals surface area (Å²) in [5, 5.41) is 0.682. The number of carbonyl (C=O) groups is 1. The predicted octanol–water partition coefficient (Wildman–Crippen LogP) is 4.91. The Hall–Kier alpha value is -3.25. The number of aryl methyl sites for hydroxylation is 1. The Bertz CT molecular complexity index is 1140. The zero-order valence-corrected chi connectivity index (χ0v) is 17.5. The molecule has 5 nitrogen and oxygen atoms in total. The third kappa shape index (κ3) is 3.98. The van der Waals surface area contributed by atoms with Crippen molar-refractivity contribution in [3.05, 3.63) is 83.7 Å². The lowest BCUT2D eigenvalue weighted by molar-refractivity contribution is 0.0985. The highest BCUT2D eigenvalue weighted by Crippen LogP contribution is 2.32. The maximum Gasteiger partial charge on any atom is 0.260 e. The minimum Gasteiger partial charge on any atom is -0.378 e. The van der Waals surface area contributed by atoms with Gasteiger partial charge in [-0.05, 0) is 55.0 Å². The number of anilines is 2. The van der Waals surface area contributed by atoms with Gasteiger partial charge < -0.3 is 4.90 Å². The number of carbonyl (C=O) groups excluding carboxylic acids is 1. The van der Waals surface area contributed by atoms with Crippen LogP contribution in [0.4, 0.5) is 10.8 Å². The van der Waals surface area contributed by atoms with Crippen molar-refractivity contribution in [3.63, 3.8) is 0 Å². The summed E-state index contributed by atoms with van der Waals surface area (Å²) in [6.45, 7) is 2.41. The van der Waals surface area contributed by atoms with Crippen LogP contribution < -0.4 is 9.80 Å². The van der Waals surface area contributed by atoms with Crippen molar-refractivity contribution in [1.82, 2.24) is 9.97 Å². The van der Waals surface area contributed by atoms with Gasteiger partial charge >= 0.3 is 0 Å². The fraction of sp³-hybridized carbons (Fsp3) is 0.174. The number of aromatic nitrogens is 2. The van der Waals surface area contributed by atoms with Crippen LogP contribution >= 0.6 is 11.3 Å². The lowest BCUT2D eigenvalue weighted by Crippen LogP contribution is -2.30. The molecule has 0 N–H and O–H groups in total. The highest BCUT2D eigenvalue weighted by molar-refractivity contribution is 7.22. The number of rotatable bonds is 5. The second-order valence-electron chi connectivity index (χ2n) is 7.07. The number of fused-ring (bicyclic) bond motifs is 1. The normalized spacial score (nSPS) is 10.9. The third-order valence-corrected chi connectivity index (χ3v) is 5.81. The number of hydrogen-bond acceptors (Lipinski definition) is 5. The van der Waals surface area contributed by atoms with Crippen molar-refractivity contribution in [2.45, 2.75) is 13.5 Å². The molecule has 0 aliphatic heterocycles. The summed E-state index contributed by atoms with van der Waals surface area (Å²) in [6, 6.07) is 19.5. The zero-order valence-electron chi connectivity index (χ0n) is 16.7. The molecule has 0 spiro atoms. The van der Waals surface area contributed by atoms with Gasteiger partial charge in [-0.15, -0.1) is 0 Å². The number of amides is 1. The van der Waals surface area contributed by atoms with Crippen molar-refractivity contribution >= 4 is 38.3 Å². The van der Waals surface area contributed by atoms with Crippen molar-refractivity contribution in [1.29, 1.82) is 0 Å². The minimum atomic E-state index is -0.0855. The molecule has 4 aromatic rings. The third-order valence-electron chi connectivity index (χ3n) is 4.76. The number of benzene rings is 2. The molecule has 2 aromatic carbocycles. The molecule has 0 saturated carbocycles. The van der Waals surface area contributed by atoms with E-state index in [4.69, 9.17) is 4.98 Å². The van der Waals surface area contributed by atoms with Crippen LogP contribution in [0.3, 0.4) is 0 Å². The number of pyridine rings is 1. The van der Waals surface area contributed by atoms with Crippen molar-refractivity contribution in [2.75, 3.05) is 23.9 Å². The fourth-order valence-corrected chi connectivity index (χ4v) is 4.17. The van der Waals surface area contributed by atoms with E-state index in [9.17, 15) is 4.79 Å². The highest BCUT2D eigenvalue weighted by Gasteiger charge is 2.22. The van der Waals surface area contributed by atoms with Crippen LogP contribution in [-0.4, -0.2) is 30.0 Å². The van der Waals surface area contributed by atoms with E-state index in [1.807, 2.05) is 86.6 Å². The van der Waals surface area contributed by atoms with Crippen molar-refractivity contribution < 1.29 is 4.79 Å². The van der Waals surface area contributed by atoms with Gasteiger partial charge in [-0.3, -0.25) is 14.7 Å². The van der Waals surface area contributed by atoms with Gasteiger partial charge in [0, 0.05) is 31.5 Å². The number of thiazole rings is 1. The van der Waals surface area contributed by atoms with Gasteiger partial charge in [0.05, 0.1) is 22.5 Å². The smallest absolute Gasteiger partial charge is 0.260 e. The van der Waals surface area contributed by atoms with E-state index < -0.39 is 0 Å². The summed E-state index contributed by atoms with van der Waals surface area (Å²) in [5.41, 5.74) is 4.54. The molecule has 0 aliphatic rings. The second kappa shape index (κ2) is 8.01. The maximum absolute atomic E-state index is 13.4. The summed E-state index contributed by atoms with van der Waals surface area (Å²) in [7, 11) is 3.96. The molecular weight excluding hydrogens is 380 g/mol. The first kappa shape index (κ1) is 19.1. The zero-order chi connectivity index (χ0) is 20.4. The molecule has 6 heteroatoms. The maximum atomic E-state index is 13.4. The van der Waals surface area contributed by atoms with E-state index in [1.54, 1.807) is 11.1 Å². The number of hydrogen-bond donors (Lipinski definition) is 0. The Balaban J connectivity index is 1.74. The Morgan fingerprint density at radius 3 is 2.45 bits per heavy atom. The lowest BCUT2D eigenvalue weighted by Gasteiger charge is -2.20. The minimum absolute atomic E-state index is 0.0855. The molecule has 0 unspecified atom stereocenters. The van der Waals surface area contributed by atoms with E-state index in [1.165, 1.54) is 11.3 Å². The number of nitrogens with zero attached hydrogens (tertiary/aromatic N) is 4. The molecule has 1 amide bonds. The summed E-state index contributed by atoms with van der Waals surface area (Å²) >= 11 is 1.53. The van der Waals surface area contributed by atoms with Gasteiger partial charge in [-0.25, -0.2) is 4.98 Å². The fourth-order valence-electron chi connectivity index (χ4n) is 3.13. The molecule has 4 rings (SSSR count). The Morgan fingerprint density at radius 1 is 1.00 bits per heavy atom. The molecule has 0 atom stereocenters. The molecule has 2 aromatic heterocycles. The number of para-hydroxylation sites is 1. The van der Waals surface area contributed by atoms with E-state index in [2.05, 4.69) is 4.98 Å². The summed E-state index contributed by atoms with van der Waals surface area (Å²) in [6.07, 6.45) is 1.74. The highest BCUT2D eigenvalue weighted by atomic mass is 32.1. The molecule has 146 valence electrons. The van der Waals surface area contributed by atoms with E-state index in [0.717, 1.165) is 27.2 Å². The molecular formula is C23H22N4OS. The van der Waals surface area contributed by atoms with Gasteiger partial charge in [0.1, 0.15) is 0 Å². The first-order valence-corrected chi connectivity index (χ1v) is 10.2. The van der Waals surface area contributed by atoms with E-state index in [-0.39, 0.29) is 5.91 Å². The quantitative estimate of drug-likeness (QED) is 0.476. The lowest BCUT2D eigenvalue weighted by atomic mass is 10.1. The SMILES string of the molecule is Cc1cccc2sc(N(Cc3ccccn3)C(=O)c3ccc(N(C)C)cc3)nc12. The molecule has 0 saturated heterocycles. The van der Waals surface area contributed by atoms with Crippen molar-refractivity contribution in [2.24, 2.45) is 0 Å². The average Bonchev–Trinajstić information content (AvgIpc) is 3.18. The molecule has 2 heterocycles. The predicted molar refractivity (Wildman–Crippen MR) is 120 cm³/mol. The Labute approximate surface area is 174 Å². The van der Waals surface area contributed by atoms with Crippen LogP contribution in [0.15, 0.2) is 66.9 Å². The van der Waals surface area contributed by atoms with Crippen LogP contribution in [0.25, 0.3) is 10.2 Å². The van der Waals surface area contributed by atoms with Crippen LogP contribution in [0.2, 0.25) is 0 Å².